The van der Waals surface area contributed by atoms with Gasteiger partial charge in [-0.15, -0.1) is 0 Å². The van der Waals surface area contributed by atoms with Crippen LogP contribution in [-0.2, 0) is 6.54 Å². The number of nitrogens with one attached hydrogen (secondary N) is 1. The Morgan fingerprint density at radius 2 is 2.00 bits per heavy atom. The van der Waals surface area contributed by atoms with Crippen molar-refractivity contribution in [2.45, 2.75) is 19.5 Å². The Morgan fingerprint density at radius 1 is 1.21 bits per heavy atom. The third-order valence-electron chi connectivity index (χ3n) is 2.94. The highest BCUT2D eigenvalue weighted by Crippen LogP contribution is 2.22. The minimum absolute atomic E-state index is 0.394. The van der Waals surface area contributed by atoms with Crippen molar-refractivity contribution >= 4 is 11.6 Å². The maximum atomic E-state index is 9.27. The number of hydrogen-bond acceptors (Lipinski definition) is 2. The Bertz CT molecular complexity index is 602. The van der Waals surface area contributed by atoms with Gasteiger partial charge in [-0.1, -0.05) is 59.6 Å². The predicted molar refractivity (Wildman–Crippen MR) is 77.8 cm³/mol. The van der Waals surface area contributed by atoms with E-state index >= 15 is 0 Å². The van der Waals surface area contributed by atoms with Crippen molar-refractivity contribution in [3.05, 3.63) is 70.2 Å². The van der Waals surface area contributed by atoms with Crippen LogP contribution >= 0.6 is 11.6 Å². The van der Waals surface area contributed by atoms with Gasteiger partial charge in [-0.2, -0.15) is 5.26 Å². The summed E-state index contributed by atoms with van der Waals surface area (Å²) in [6.07, 6.45) is 0. The lowest BCUT2D eigenvalue weighted by molar-refractivity contribution is 0.630. The van der Waals surface area contributed by atoms with Crippen LogP contribution in [0.2, 0.25) is 5.02 Å². The standard InChI is InChI=1S/C16H15ClN2/c1-12-5-4-6-13(9-12)11-19-16(10-18)14-7-2-3-8-15(14)17/h2-9,16,19H,11H2,1H3. The number of nitrogens with zero attached hydrogens (tertiary/aromatic N) is 1. The van der Waals surface area contributed by atoms with Gasteiger partial charge < -0.3 is 0 Å². The third-order valence-corrected chi connectivity index (χ3v) is 3.28. The van der Waals surface area contributed by atoms with Crippen LogP contribution in [0.3, 0.4) is 0 Å². The number of hydrogen-bond donors (Lipinski definition) is 1. The van der Waals surface area contributed by atoms with Gasteiger partial charge in [-0.25, -0.2) is 0 Å². The lowest BCUT2D eigenvalue weighted by Gasteiger charge is -2.13. The smallest absolute Gasteiger partial charge is 0.123 e. The normalized spacial score (nSPS) is 11.8. The second kappa shape index (κ2) is 6.38. The topological polar surface area (TPSA) is 35.8 Å². The first-order valence-corrected chi connectivity index (χ1v) is 6.51. The SMILES string of the molecule is Cc1cccc(CNC(C#N)c2ccccc2Cl)c1. The molecule has 0 heterocycles. The molecule has 0 fully saturated rings. The highest BCUT2D eigenvalue weighted by Gasteiger charge is 2.12. The van der Waals surface area contributed by atoms with Crippen LogP contribution < -0.4 is 5.32 Å². The van der Waals surface area contributed by atoms with Gasteiger partial charge in [0.15, 0.2) is 0 Å². The van der Waals surface area contributed by atoms with Gasteiger partial charge in [0.25, 0.3) is 0 Å². The molecule has 1 N–H and O–H groups in total. The molecule has 0 aliphatic carbocycles. The summed E-state index contributed by atoms with van der Waals surface area (Å²) in [5.41, 5.74) is 3.19. The van der Waals surface area contributed by atoms with Crippen molar-refractivity contribution in [1.29, 1.82) is 5.26 Å². The zero-order valence-corrected chi connectivity index (χ0v) is 11.5. The summed E-state index contributed by atoms with van der Waals surface area (Å²) in [5.74, 6) is 0. The molecule has 0 aliphatic heterocycles. The Kier molecular flexibility index (Phi) is 4.57. The molecule has 1 atom stereocenters. The fourth-order valence-electron chi connectivity index (χ4n) is 1.98. The lowest BCUT2D eigenvalue weighted by Crippen LogP contribution is -2.19. The van der Waals surface area contributed by atoms with E-state index in [1.165, 1.54) is 5.56 Å². The largest absolute Gasteiger partial charge is 0.294 e. The van der Waals surface area contributed by atoms with E-state index < -0.39 is 6.04 Å². The highest BCUT2D eigenvalue weighted by atomic mass is 35.5. The van der Waals surface area contributed by atoms with E-state index in [-0.39, 0.29) is 0 Å². The van der Waals surface area contributed by atoms with Crippen molar-refractivity contribution < 1.29 is 0 Å². The predicted octanol–water partition coefficient (Wildman–Crippen LogP) is 4.00. The van der Waals surface area contributed by atoms with E-state index in [0.29, 0.717) is 11.6 Å². The van der Waals surface area contributed by atoms with E-state index in [9.17, 15) is 5.26 Å². The third kappa shape index (κ3) is 3.57. The number of nitriles is 1. The van der Waals surface area contributed by atoms with Gasteiger partial charge in [0.1, 0.15) is 6.04 Å². The number of benzene rings is 2. The summed E-state index contributed by atoms with van der Waals surface area (Å²) in [6.45, 7) is 2.70. The van der Waals surface area contributed by atoms with E-state index in [1.54, 1.807) is 6.07 Å². The minimum Gasteiger partial charge on any atom is -0.294 e. The van der Waals surface area contributed by atoms with Crippen LogP contribution in [0, 0.1) is 18.3 Å². The highest BCUT2D eigenvalue weighted by molar-refractivity contribution is 6.31. The maximum Gasteiger partial charge on any atom is 0.123 e. The first kappa shape index (κ1) is 13.6. The summed E-state index contributed by atoms with van der Waals surface area (Å²) in [7, 11) is 0. The maximum absolute atomic E-state index is 9.27. The summed E-state index contributed by atoms with van der Waals surface area (Å²) < 4.78 is 0. The zero-order valence-electron chi connectivity index (χ0n) is 10.7. The molecule has 0 saturated carbocycles. The van der Waals surface area contributed by atoms with Gasteiger partial charge in [0.2, 0.25) is 0 Å². The Labute approximate surface area is 118 Å². The monoisotopic (exact) mass is 270 g/mol. The molecule has 0 amide bonds. The molecule has 2 rings (SSSR count). The van der Waals surface area contributed by atoms with E-state index in [2.05, 4.69) is 30.4 Å². The second-order valence-corrected chi connectivity index (χ2v) is 4.86. The van der Waals surface area contributed by atoms with Crippen molar-refractivity contribution in [3.8, 4) is 6.07 Å². The molecule has 2 aromatic carbocycles. The summed E-state index contributed by atoms with van der Waals surface area (Å²) >= 11 is 6.11. The van der Waals surface area contributed by atoms with Crippen LogP contribution in [-0.4, -0.2) is 0 Å². The summed E-state index contributed by atoms with van der Waals surface area (Å²) in [5, 5.41) is 13.1. The molecule has 0 aliphatic rings. The average molecular weight is 271 g/mol. The first-order valence-electron chi connectivity index (χ1n) is 6.13. The molecule has 3 heteroatoms. The molecule has 19 heavy (non-hydrogen) atoms. The fraction of sp³-hybridized carbons (Fsp3) is 0.188. The molecule has 1 unspecified atom stereocenters. The molecule has 96 valence electrons. The molecular formula is C16H15ClN2. The molecular weight excluding hydrogens is 256 g/mol. The van der Waals surface area contributed by atoms with Gasteiger partial charge >= 0.3 is 0 Å². The Morgan fingerprint density at radius 3 is 2.68 bits per heavy atom. The van der Waals surface area contributed by atoms with Gasteiger partial charge in [0.05, 0.1) is 6.07 Å². The molecule has 0 spiro atoms. The van der Waals surface area contributed by atoms with Crippen molar-refractivity contribution in [2.75, 3.05) is 0 Å². The van der Waals surface area contributed by atoms with Crippen LogP contribution in [0.25, 0.3) is 0 Å². The van der Waals surface area contributed by atoms with E-state index in [1.807, 2.05) is 30.3 Å². The number of halogens is 1. The molecule has 2 aromatic rings. The van der Waals surface area contributed by atoms with Crippen LogP contribution in [0.1, 0.15) is 22.7 Å². The molecule has 0 saturated heterocycles. The second-order valence-electron chi connectivity index (χ2n) is 4.45. The summed E-state index contributed by atoms with van der Waals surface area (Å²) in [6, 6.07) is 17.5. The molecule has 2 nitrogen and oxygen atoms in total. The molecule has 0 radical (unpaired) electrons. The van der Waals surface area contributed by atoms with Gasteiger partial charge in [-0.05, 0) is 18.6 Å². The van der Waals surface area contributed by atoms with Gasteiger partial charge in [0, 0.05) is 17.1 Å². The summed E-state index contributed by atoms with van der Waals surface area (Å²) in [4.78, 5) is 0. The molecule has 0 bridgehead atoms. The van der Waals surface area contributed by atoms with Gasteiger partial charge in [-0.3, -0.25) is 5.32 Å². The lowest BCUT2D eigenvalue weighted by atomic mass is 10.1. The van der Waals surface area contributed by atoms with Crippen LogP contribution in [0.15, 0.2) is 48.5 Å². The first-order chi connectivity index (χ1) is 9.20. The number of rotatable bonds is 4. The van der Waals surface area contributed by atoms with Crippen molar-refractivity contribution in [2.24, 2.45) is 0 Å². The fourth-order valence-corrected chi connectivity index (χ4v) is 2.22. The van der Waals surface area contributed by atoms with E-state index in [4.69, 9.17) is 11.6 Å². The average Bonchev–Trinajstić information content (AvgIpc) is 2.41. The van der Waals surface area contributed by atoms with Crippen LogP contribution in [0.4, 0.5) is 0 Å². The number of aryl methyl sites for hydroxylation is 1. The Hall–Kier alpha value is -1.82. The minimum atomic E-state index is -0.394. The molecule has 0 aromatic heterocycles. The Balaban J connectivity index is 2.09. The van der Waals surface area contributed by atoms with Crippen molar-refractivity contribution in [3.63, 3.8) is 0 Å². The zero-order chi connectivity index (χ0) is 13.7. The van der Waals surface area contributed by atoms with Crippen LogP contribution in [0.5, 0.6) is 0 Å². The van der Waals surface area contributed by atoms with E-state index in [0.717, 1.165) is 11.1 Å². The van der Waals surface area contributed by atoms with Crippen molar-refractivity contribution in [1.82, 2.24) is 5.32 Å². The quantitative estimate of drug-likeness (QED) is 0.911.